The monoisotopic (exact) mass is 284 g/mol. The number of hydrazine groups is 1. The van der Waals surface area contributed by atoms with Crippen molar-refractivity contribution >= 4 is 17.3 Å². The maximum atomic E-state index is 13.1. The molecule has 0 radical (unpaired) electrons. The second-order valence-corrected chi connectivity index (χ2v) is 4.84. The quantitative estimate of drug-likeness (QED) is 0.589. The van der Waals surface area contributed by atoms with Crippen LogP contribution in [0.1, 0.15) is 30.1 Å². The smallest absolute Gasteiger partial charge is 0.145 e. The lowest BCUT2D eigenvalue weighted by molar-refractivity contribution is 0.627. The minimum absolute atomic E-state index is 0.212. The number of benzene rings is 1. The molecule has 7 heteroatoms. The van der Waals surface area contributed by atoms with Crippen LogP contribution in [0.4, 0.5) is 21.7 Å². The summed E-state index contributed by atoms with van der Waals surface area (Å²) in [6.45, 7) is 0. The van der Waals surface area contributed by atoms with E-state index in [0.717, 1.165) is 12.8 Å². The largest absolute Gasteiger partial charge is 0.339 e. The molecule has 1 aliphatic rings. The highest BCUT2D eigenvalue weighted by molar-refractivity contribution is 5.65. The van der Waals surface area contributed by atoms with Gasteiger partial charge in [0, 0.05) is 12.0 Å². The van der Waals surface area contributed by atoms with Gasteiger partial charge in [0.2, 0.25) is 0 Å². The molecule has 0 bridgehead atoms. The van der Waals surface area contributed by atoms with Gasteiger partial charge in [0.25, 0.3) is 0 Å². The molecule has 0 aliphatic heterocycles. The molecule has 0 spiro atoms. The summed E-state index contributed by atoms with van der Waals surface area (Å²) in [4.78, 5) is 8.72. The Morgan fingerprint density at radius 1 is 1.24 bits per heavy atom. The number of nitrogens with two attached hydrogens (primary N) is 1. The Balaban J connectivity index is 1.94. The minimum atomic E-state index is -0.456. The molecular weight excluding hydrogens is 271 g/mol. The predicted octanol–water partition coefficient (Wildman–Crippen LogP) is 2.39. The Kier molecular flexibility index (Phi) is 3.38. The predicted molar refractivity (Wildman–Crippen MR) is 76.2 cm³/mol. The number of aromatic nitrogens is 2. The maximum absolute atomic E-state index is 13.1. The van der Waals surface area contributed by atoms with E-state index < -0.39 is 5.82 Å². The van der Waals surface area contributed by atoms with Crippen molar-refractivity contribution in [2.45, 2.75) is 18.8 Å². The van der Waals surface area contributed by atoms with Crippen LogP contribution in [0.5, 0.6) is 0 Å². The zero-order chi connectivity index (χ0) is 14.8. The lowest BCUT2D eigenvalue weighted by atomic mass is 10.2. The summed E-state index contributed by atoms with van der Waals surface area (Å²) in [6.07, 6.45) is 2.13. The topological polar surface area (TPSA) is 99.7 Å². The zero-order valence-electron chi connectivity index (χ0n) is 11.1. The first-order valence-corrected chi connectivity index (χ1v) is 6.52. The van der Waals surface area contributed by atoms with Crippen molar-refractivity contribution in [2.75, 3.05) is 10.7 Å². The van der Waals surface area contributed by atoms with Gasteiger partial charge in [0.15, 0.2) is 0 Å². The lowest BCUT2D eigenvalue weighted by Crippen LogP contribution is -2.11. The third-order valence-electron chi connectivity index (χ3n) is 3.20. The molecule has 2 aromatic rings. The molecule has 1 heterocycles. The average molecular weight is 284 g/mol. The summed E-state index contributed by atoms with van der Waals surface area (Å²) in [6, 6.07) is 7.55. The summed E-state index contributed by atoms with van der Waals surface area (Å²) in [5.41, 5.74) is 3.20. The van der Waals surface area contributed by atoms with Crippen LogP contribution < -0.4 is 16.6 Å². The Labute approximate surface area is 120 Å². The van der Waals surface area contributed by atoms with Crippen LogP contribution in [0.15, 0.2) is 24.3 Å². The molecule has 6 nitrogen and oxygen atoms in total. The molecule has 21 heavy (non-hydrogen) atoms. The van der Waals surface area contributed by atoms with Gasteiger partial charge in [0.05, 0.1) is 11.3 Å². The summed E-state index contributed by atoms with van der Waals surface area (Å²) < 4.78 is 13.1. The highest BCUT2D eigenvalue weighted by Gasteiger charge is 2.27. The van der Waals surface area contributed by atoms with Crippen LogP contribution in [0.2, 0.25) is 0 Å². The fourth-order valence-corrected chi connectivity index (χ4v) is 1.98. The number of nitriles is 1. The van der Waals surface area contributed by atoms with Crippen molar-refractivity contribution in [3.63, 3.8) is 0 Å². The van der Waals surface area contributed by atoms with E-state index in [1.807, 2.05) is 6.07 Å². The first-order chi connectivity index (χ1) is 10.2. The lowest BCUT2D eigenvalue weighted by Gasteiger charge is -2.10. The SMILES string of the molecule is N#Cc1cc(F)ccc1Nc1cc(NN)nc(C2CC2)n1. The van der Waals surface area contributed by atoms with Crippen LogP contribution in [0.3, 0.4) is 0 Å². The van der Waals surface area contributed by atoms with E-state index in [9.17, 15) is 4.39 Å². The molecule has 4 N–H and O–H groups in total. The maximum Gasteiger partial charge on any atom is 0.145 e. The molecule has 1 saturated carbocycles. The van der Waals surface area contributed by atoms with Gasteiger partial charge >= 0.3 is 0 Å². The van der Waals surface area contributed by atoms with Gasteiger partial charge in [-0.2, -0.15) is 5.26 Å². The number of nitrogens with one attached hydrogen (secondary N) is 2. The molecule has 1 aliphatic carbocycles. The Morgan fingerprint density at radius 2 is 2.00 bits per heavy atom. The molecule has 0 amide bonds. The van der Waals surface area contributed by atoms with E-state index in [1.165, 1.54) is 18.2 Å². The van der Waals surface area contributed by atoms with Gasteiger partial charge in [0.1, 0.15) is 29.3 Å². The van der Waals surface area contributed by atoms with Crippen LogP contribution in [0, 0.1) is 17.1 Å². The summed E-state index contributed by atoms with van der Waals surface area (Å²) in [7, 11) is 0. The summed E-state index contributed by atoms with van der Waals surface area (Å²) in [5.74, 6) is 7.04. The van der Waals surface area contributed by atoms with E-state index in [2.05, 4.69) is 20.7 Å². The minimum Gasteiger partial charge on any atom is -0.339 e. The average Bonchev–Trinajstić information content (AvgIpc) is 3.33. The van der Waals surface area contributed by atoms with Gasteiger partial charge in [-0.25, -0.2) is 20.2 Å². The van der Waals surface area contributed by atoms with E-state index in [-0.39, 0.29) is 5.56 Å². The number of hydrogen-bond acceptors (Lipinski definition) is 6. The number of nitrogens with zero attached hydrogens (tertiary/aromatic N) is 3. The van der Waals surface area contributed by atoms with Crippen molar-refractivity contribution in [3.8, 4) is 6.07 Å². The van der Waals surface area contributed by atoms with E-state index >= 15 is 0 Å². The molecule has 0 saturated heterocycles. The van der Waals surface area contributed by atoms with Gasteiger partial charge in [-0.1, -0.05) is 0 Å². The van der Waals surface area contributed by atoms with Gasteiger partial charge in [-0.3, -0.25) is 0 Å². The number of hydrogen-bond donors (Lipinski definition) is 3. The van der Waals surface area contributed by atoms with Crippen LogP contribution in [-0.4, -0.2) is 9.97 Å². The molecule has 1 fully saturated rings. The third kappa shape index (κ3) is 2.90. The third-order valence-corrected chi connectivity index (χ3v) is 3.20. The molecule has 0 unspecified atom stereocenters. The van der Waals surface area contributed by atoms with Crippen LogP contribution in [0.25, 0.3) is 0 Å². The highest BCUT2D eigenvalue weighted by Crippen LogP contribution is 2.39. The second-order valence-electron chi connectivity index (χ2n) is 4.84. The van der Waals surface area contributed by atoms with Crippen molar-refractivity contribution in [1.29, 1.82) is 5.26 Å². The molecule has 1 aromatic heterocycles. The fourth-order valence-electron chi connectivity index (χ4n) is 1.98. The Morgan fingerprint density at radius 3 is 2.67 bits per heavy atom. The Bertz CT molecular complexity index is 720. The number of nitrogen functional groups attached to an aromatic ring is 1. The first kappa shape index (κ1) is 13.3. The molecular formula is C14H13FN6. The number of rotatable bonds is 4. The molecule has 106 valence electrons. The van der Waals surface area contributed by atoms with E-state index in [0.29, 0.717) is 29.1 Å². The zero-order valence-corrected chi connectivity index (χ0v) is 11.1. The van der Waals surface area contributed by atoms with Crippen molar-refractivity contribution in [3.05, 3.63) is 41.5 Å². The summed E-state index contributed by atoms with van der Waals surface area (Å²) in [5, 5.41) is 12.1. The van der Waals surface area contributed by atoms with Gasteiger partial charge in [-0.15, -0.1) is 0 Å². The van der Waals surface area contributed by atoms with Crippen LogP contribution >= 0.6 is 0 Å². The fraction of sp³-hybridized carbons (Fsp3) is 0.214. The van der Waals surface area contributed by atoms with Crippen molar-refractivity contribution in [2.24, 2.45) is 5.84 Å². The summed E-state index contributed by atoms with van der Waals surface area (Å²) >= 11 is 0. The van der Waals surface area contributed by atoms with E-state index in [1.54, 1.807) is 6.07 Å². The van der Waals surface area contributed by atoms with E-state index in [4.69, 9.17) is 11.1 Å². The van der Waals surface area contributed by atoms with Crippen molar-refractivity contribution < 1.29 is 4.39 Å². The molecule has 1 aromatic carbocycles. The Hall–Kier alpha value is -2.72. The molecule has 0 atom stereocenters. The standard InChI is InChI=1S/C14H13FN6/c15-10-3-4-11(9(5-10)7-16)18-12-6-13(21-17)20-14(19-12)8-1-2-8/h3-6,8H,1-2,17H2,(H2,18,19,20,21). The molecule has 3 rings (SSSR count). The first-order valence-electron chi connectivity index (χ1n) is 6.52. The number of halogens is 1. The van der Waals surface area contributed by atoms with Gasteiger partial charge < -0.3 is 10.7 Å². The van der Waals surface area contributed by atoms with Crippen LogP contribution in [-0.2, 0) is 0 Å². The second kappa shape index (κ2) is 5.34. The van der Waals surface area contributed by atoms with Crippen molar-refractivity contribution in [1.82, 2.24) is 9.97 Å². The highest BCUT2D eigenvalue weighted by atomic mass is 19.1. The number of anilines is 3. The normalized spacial score (nSPS) is 13.6. The van der Waals surface area contributed by atoms with Gasteiger partial charge in [-0.05, 0) is 31.0 Å².